The summed E-state index contributed by atoms with van der Waals surface area (Å²) >= 11 is 0. The molecule has 0 saturated heterocycles. The lowest BCUT2D eigenvalue weighted by molar-refractivity contribution is 0.237. The number of rotatable bonds is 2. The monoisotopic (exact) mass is 139 g/mol. The first-order valence-corrected chi connectivity index (χ1v) is 3.70. The summed E-state index contributed by atoms with van der Waals surface area (Å²) in [4.78, 5) is 0. The summed E-state index contributed by atoms with van der Waals surface area (Å²) in [5.41, 5.74) is 7.76. The van der Waals surface area contributed by atoms with Crippen molar-refractivity contribution in [1.29, 1.82) is 0 Å². The predicted octanol–water partition coefficient (Wildman–Crippen LogP) is 2.45. The van der Waals surface area contributed by atoms with Crippen molar-refractivity contribution in [3.05, 3.63) is 24.4 Å². The molecule has 0 aromatic carbocycles. The second-order valence-electron chi connectivity index (χ2n) is 3.24. The van der Waals surface area contributed by atoms with Gasteiger partial charge in [0.05, 0.1) is 0 Å². The van der Waals surface area contributed by atoms with Crippen LogP contribution < -0.4 is 5.73 Å². The molecule has 1 heteroatoms. The molecule has 58 valence electrons. The molecule has 0 unspecified atom stereocenters. The third-order valence-corrected chi connectivity index (χ3v) is 2.64. The van der Waals surface area contributed by atoms with Crippen molar-refractivity contribution in [2.45, 2.75) is 26.2 Å². The lowest BCUT2D eigenvalue weighted by atomic mass is 9.63. The third-order valence-electron chi connectivity index (χ3n) is 2.64. The number of nitrogens with two attached hydrogens (primary N) is 1. The maximum Gasteiger partial charge on any atom is 0.0295 e. The smallest absolute Gasteiger partial charge is 0.0295 e. The molecule has 10 heavy (non-hydrogen) atoms. The molecule has 0 radical (unpaired) electrons. The Morgan fingerprint density at radius 2 is 2.00 bits per heavy atom. The van der Waals surface area contributed by atoms with Gasteiger partial charge in [0.2, 0.25) is 0 Å². The minimum absolute atomic E-state index is 0. The summed E-state index contributed by atoms with van der Waals surface area (Å²) in [6.45, 7) is 9.76. The Hall–Kier alpha value is -0.720. The van der Waals surface area contributed by atoms with E-state index in [1.54, 1.807) is 0 Å². The maximum absolute atomic E-state index is 5.68. The molecule has 0 aliphatic heterocycles. The van der Waals surface area contributed by atoms with E-state index in [9.17, 15) is 0 Å². The number of allylic oxidation sites excluding steroid dienone is 1. The van der Waals surface area contributed by atoms with E-state index in [0.29, 0.717) is 0 Å². The summed E-state index contributed by atoms with van der Waals surface area (Å²) in [5.74, 6) is 0. The molecule has 1 fully saturated rings. The Morgan fingerprint density at radius 1 is 1.50 bits per heavy atom. The van der Waals surface area contributed by atoms with Gasteiger partial charge in [0.15, 0.2) is 0 Å². The molecule has 1 rings (SSSR count). The summed E-state index contributed by atoms with van der Waals surface area (Å²) in [7, 11) is 0. The van der Waals surface area contributed by atoms with Crippen LogP contribution in [0.1, 0.15) is 27.6 Å². The SMILES string of the molecule is C=C(C)C1(C(=C)N)CCC1.[HH]. The molecule has 1 saturated carbocycles. The third kappa shape index (κ3) is 0.772. The van der Waals surface area contributed by atoms with Crippen LogP contribution in [0.25, 0.3) is 0 Å². The van der Waals surface area contributed by atoms with E-state index in [-0.39, 0.29) is 6.84 Å². The van der Waals surface area contributed by atoms with Crippen molar-refractivity contribution in [2.75, 3.05) is 0 Å². The molecular formula is C9H17N. The molecule has 0 atom stereocenters. The van der Waals surface area contributed by atoms with Crippen molar-refractivity contribution in [2.24, 2.45) is 11.1 Å². The first-order valence-electron chi connectivity index (χ1n) is 3.70. The van der Waals surface area contributed by atoms with E-state index < -0.39 is 0 Å². The largest absolute Gasteiger partial charge is 0.402 e. The summed E-state index contributed by atoms with van der Waals surface area (Å²) in [5, 5.41) is 0. The minimum atomic E-state index is 0. The highest BCUT2D eigenvalue weighted by atomic mass is 14.7. The number of hydrogen-bond acceptors (Lipinski definition) is 1. The van der Waals surface area contributed by atoms with Gasteiger partial charge in [-0.25, -0.2) is 0 Å². The summed E-state index contributed by atoms with van der Waals surface area (Å²) in [6.07, 6.45) is 3.57. The van der Waals surface area contributed by atoms with Gasteiger partial charge >= 0.3 is 0 Å². The van der Waals surface area contributed by atoms with E-state index in [2.05, 4.69) is 13.2 Å². The zero-order valence-corrected chi connectivity index (χ0v) is 6.61. The summed E-state index contributed by atoms with van der Waals surface area (Å²) < 4.78 is 0. The first kappa shape index (κ1) is 7.39. The molecule has 1 aliphatic rings. The van der Waals surface area contributed by atoms with Gasteiger partial charge in [-0.05, 0) is 19.8 Å². The van der Waals surface area contributed by atoms with Gasteiger partial charge in [-0.2, -0.15) is 0 Å². The normalized spacial score (nSPS) is 21.3. The fraction of sp³-hybridized carbons (Fsp3) is 0.556. The molecule has 0 spiro atoms. The van der Waals surface area contributed by atoms with Crippen LogP contribution in [0, 0.1) is 5.41 Å². The standard InChI is InChI=1S/C9H15N.H2/c1-7(2)9(8(3)10)5-4-6-9;/h1,3-6,10H2,2H3;1H. The van der Waals surface area contributed by atoms with Crippen LogP contribution in [0.3, 0.4) is 0 Å². The molecule has 0 bridgehead atoms. The molecular weight excluding hydrogens is 122 g/mol. The molecule has 0 aromatic heterocycles. The van der Waals surface area contributed by atoms with Crippen LogP contribution in [0.2, 0.25) is 0 Å². The summed E-state index contributed by atoms with van der Waals surface area (Å²) in [6, 6.07) is 0. The Kier molecular flexibility index (Phi) is 1.59. The van der Waals surface area contributed by atoms with Crippen LogP contribution in [0.15, 0.2) is 24.4 Å². The minimum Gasteiger partial charge on any atom is -0.402 e. The average molecular weight is 139 g/mol. The second kappa shape index (κ2) is 2.15. The fourth-order valence-electron chi connectivity index (χ4n) is 1.55. The van der Waals surface area contributed by atoms with E-state index in [1.807, 2.05) is 6.92 Å². The van der Waals surface area contributed by atoms with Gasteiger partial charge in [0.25, 0.3) is 0 Å². The van der Waals surface area contributed by atoms with Crippen LogP contribution >= 0.6 is 0 Å². The zero-order chi connectivity index (χ0) is 7.78. The van der Waals surface area contributed by atoms with Gasteiger partial charge in [0.1, 0.15) is 0 Å². The van der Waals surface area contributed by atoms with E-state index in [4.69, 9.17) is 5.73 Å². The van der Waals surface area contributed by atoms with Gasteiger partial charge in [0, 0.05) is 12.5 Å². The predicted molar refractivity (Wildman–Crippen MR) is 46.5 cm³/mol. The second-order valence-corrected chi connectivity index (χ2v) is 3.24. The van der Waals surface area contributed by atoms with Crippen molar-refractivity contribution < 1.29 is 1.43 Å². The van der Waals surface area contributed by atoms with Crippen LogP contribution in [-0.4, -0.2) is 0 Å². The van der Waals surface area contributed by atoms with Crippen LogP contribution in [-0.2, 0) is 0 Å². The Balaban J connectivity index is 0.000001000. The highest BCUT2D eigenvalue weighted by molar-refractivity contribution is 5.25. The average Bonchev–Trinajstić information content (AvgIpc) is 1.57. The van der Waals surface area contributed by atoms with Gasteiger partial charge < -0.3 is 5.73 Å². The van der Waals surface area contributed by atoms with Crippen molar-refractivity contribution in [3.63, 3.8) is 0 Å². The van der Waals surface area contributed by atoms with Crippen molar-refractivity contribution in [1.82, 2.24) is 0 Å². The van der Waals surface area contributed by atoms with Crippen molar-refractivity contribution in [3.8, 4) is 0 Å². The Labute approximate surface area is 64.1 Å². The molecule has 0 heterocycles. The van der Waals surface area contributed by atoms with E-state index >= 15 is 0 Å². The van der Waals surface area contributed by atoms with Gasteiger partial charge in [-0.15, -0.1) is 0 Å². The zero-order valence-electron chi connectivity index (χ0n) is 6.61. The highest BCUT2D eigenvalue weighted by Gasteiger charge is 2.38. The molecule has 0 amide bonds. The molecule has 1 nitrogen and oxygen atoms in total. The lowest BCUT2D eigenvalue weighted by Crippen LogP contribution is -2.35. The maximum atomic E-state index is 5.68. The number of hydrogen-bond donors (Lipinski definition) is 1. The van der Waals surface area contributed by atoms with E-state index in [0.717, 1.165) is 18.5 Å². The molecule has 1 aliphatic carbocycles. The fourth-order valence-corrected chi connectivity index (χ4v) is 1.55. The van der Waals surface area contributed by atoms with Crippen molar-refractivity contribution >= 4 is 0 Å². The van der Waals surface area contributed by atoms with Crippen LogP contribution in [0.5, 0.6) is 0 Å². The Morgan fingerprint density at radius 3 is 2.00 bits per heavy atom. The topological polar surface area (TPSA) is 26.0 Å². The Bertz CT molecular complexity index is 164. The highest BCUT2D eigenvalue weighted by Crippen LogP contribution is 2.49. The lowest BCUT2D eigenvalue weighted by Gasteiger charge is -2.42. The van der Waals surface area contributed by atoms with Crippen LogP contribution in [0.4, 0.5) is 0 Å². The van der Waals surface area contributed by atoms with E-state index in [1.165, 1.54) is 12.0 Å². The first-order chi connectivity index (χ1) is 4.59. The molecule has 2 N–H and O–H groups in total. The van der Waals surface area contributed by atoms with Gasteiger partial charge in [-0.1, -0.05) is 25.2 Å². The molecule has 0 aromatic rings. The quantitative estimate of drug-likeness (QED) is 0.584. The van der Waals surface area contributed by atoms with Gasteiger partial charge in [-0.3, -0.25) is 0 Å².